The fraction of sp³-hybridized carbons (Fsp3) is 0.680. The first-order valence-electron chi connectivity index (χ1n) is 12.4. The van der Waals surface area contributed by atoms with Gasteiger partial charge in [-0.1, -0.05) is 25.3 Å². The van der Waals surface area contributed by atoms with Gasteiger partial charge in [-0.2, -0.15) is 4.72 Å². The molecule has 0 saturated heterocycles. The van der Waals surface area contributed by atoms with Gasteiger partial charge in [-0.25, -0.2) is 12.8 Å². The maximum absolute atomic E-state index is 14.1. The van der Waals surface area contributed by atoms with E-state index in [1.54, 1.807) is 6.92 Å². The Bertz CT molecular complexity index is 1110. The molecule has 186 valence electrons. The lowest BCUT2D eigenvalue weighted by Crippen LogP contribution is -2.69. The average molecular weight is 492 g/mol. The van der Waals surface area contributed by atoms with Gasteiger partial charge in [-0.05, 0) is 87.8 Å². The Morgan fingerprint density at radius 3 is 2.29 bits per heavy atom. The van der Waals surface area contributed by atoms with Gasteiger partial charge in [0.1, 0.15) is 11.4 Å². The third-order valence-corrected chi connectivity index (χ3v) is 10.4. The zero-order chi connectivity index (χ0) is 24.4. The summed E-state index contributed by atoms with van der Waals surface area (Å²) in [7, 11) is -4.12. The van der Waals surface area contributed by atoms with Crippen LogP contribution in [0.2, 0.25) is 0 Å². The van der Waals surface area contributed by atoms with Crippen molar-refractivity contribution in [3.63, 3.8) is 0 Å². The topological polar surface area (TPSA) is 118 Å². The van der Waals surface area contributed by atoms with Crippen LogP contribution in [0, 0.1) is 30.0 Å². The first-order chi connectivity index (χ1) is 16.0. The SMILES string of the molecule is Cc1ccc(S(=O)(=O)NC2(C(=O)NC34CC5CC(C3)CC(C(N)=O)(C5)C4)CCCCC2)cc1F. The average Bonchev–Trinajstić information content (AvgIpc) is 2.74. The standard InChI is InChI=1S/C25H34FN3O4S/c1-16-5-6-19(10-20(16)26)34(32,33)29-25(7-3-2-4-8-25)22(31)28-24-13-17-9-18(14-24)12-23(11-17,15-24)21(27)30/h5-6,10,17-18,29H,2-4,7-9,11-15H2,1H3,(H2,27,30)(H,28,31). The van der Waals surface area contributed by atoms with Gasteiger partial charge in [0, 0.05) is 5.54 Å². The summed E-state index contributed by atoms with van der Waals surface area (Å²) in [4.78, 5) is 26.1. The van der Waals surface area contributed by atoms with Crippen LogP contribution in [0.3, 0.4) is 0 Å². The van der Waals surface area contributed by atoms with Crippen molar-refractivity contribution < 1.29 is 22.4 Å². The van der Waals surface area contributed by atoms with Crippen molar-refractivity contribution in [2.24, 2.45) is 23.0 Å². The van der Waals surface area contributed by atoms with E-state index in [0.717, 1.165) is 57.4 Å². The molecule has 0 heterocycles. The molecule has 5 aliphatic carbocycles. The van der Waals surface area contributed by atoms with Crippen LogP contribution in [0.4, 0.5) is 4.39 Å². The van der Waals surface area contributed by atoms with Crippen molar-refractivity contribution in [1.82, 2.24) is 10.0 Å². The molecular weight excluding hydrogens is 457 g/mol. The summed E-state index contributed by atoms with van der Waals surface area (Å²) in [5.41, 5.74) is 3.81. The molecule has 5 aliphatic rings. The molecule has 4 N–H and O–H groups in total. The highest BCUT2D eigenvalue weighted by Crippen LogP contribution is 2.61. The zero-order valence-electron chi connectivity index (χ0n) is 19.7. The summed E-state index contributed by atoms with van der Waals surface area (Å²) in [6, 6.07) is 3.79. The second-order valence-corrected chi connectivity index (χ2v) is 13.2. The van der Waals surface area contributed by atoms with Gasteiger partial charge in [-0.3, -0.25) is 9.59 Å². The summed E-state index contributed by atoms with van der Waals surface area (Å²) < 4.78 is 43.3. The Kier molecular flexibility index (Phi) is 5.59. The highest BCUT2D eigenvalue weighted by molar-refractivity contribution is 7.89. The summed E-state index contributed by atoms with van der Waals surface area (Å²) in [6.45, 7) is 1.57. The molecule has 2 amide bonds. The van der Waals surface area contributed by atoms with E-state index in [9.17, 15) is 22.4 Å². The van der Waals surface area contributed by atoms with Crippen LogP contribution in [0.15, 0.2) is 23.1 Å². The highest BCUT2D eigenvalue weighted by atomic mass is 32.2. The van der Waals surface area contributed by atoms with Gasteiger partial charge in [0.25, 0.3) is 0 Å². The maximum Gasteiger partial charge on any atom is 0.241 e. The van der Waals surface area contributed by atoms with E-state index in [1.807, 2.05) is 0 Å². The molecule has 7 nitrogen and oxygen atoms in total. The fourth-order valence-corrected chi connectivity index (χ4v) is 9.08. The van der Waals surface area contributed by atoms with Gasteiger partial charge >= 0.3 is 0 Å². The molecule has 34 heavy (non-hydrogen) atoms. The summed E-state index contributed by atoms with van der Waals surface area (Å²) in [5, 5.41) is 3.26. The second-order valence-electron chi connectivity index (χ2n) is 11.5. The number of rotatable bonds is 6. The molecule has 9 heteroatoms. The normalized spacial score (nSPS) is 34.1. The van der Waals surface area contributed by atoms with Gasteiger partial charge in [0.05, 0.1) is 10.3 Å². The number of amides is 2. The molecule has 0 aliphatic heterocycles. The van der Waals surface area contributed by atoms with Crippen molar-refractivity contribution in [3.05, 3.63) is 29.6 Å². The number of carbonyl (C=O) groups excluding carboxylic acids is 2. The minimum Gasteiger partial charge on any atom is -0.369 e. The minimum atomic E-state index is -4.12. The molecule has 1 aromatic carbocycles. The second kappa shape index (κ2) is 8.01. The van der Waals surface area contributed by atoms with Crippen molar-refractivity contribution in [2.45, 2.75) is 93.5 Å². The van der Waals surface area contributed by atoms with Crippen molar-refractivity contribution in [2.75, 3.05) is 0 Å². The fourth-order valence-electron chi connectivity index (χ4n) is 7.65. The van der Waals surface area contributed by atoms with Crippen molar-refractivity contribution in [3.8, 4) is 0 Å². The van der Waals surface area contributed by atoms with Crippen LogP contribution in [-0.4, -0.2) is 31.3 Å². The Hall–Kier alpha value is -2.00. The summed E-state index contributed by atoms with van der Waals surface area (Å²) in [6.07, 6.45) is 7.91. The number of benzene rings is 1. The monoisotopic (exact) mass is 491 g/mol. The maximum atomic E-state index is 14.1. The van der Waals surface area contributed by atoms with E-state index in [4.69, 9.17) is 5.73 Å². The molecule has 1 aromatic rings. The van der Waals surface area contributed by atoms with Gasteiger partial charge < -0.3 is 11.1 Å². The summed E-state index contributed by atoms with van der Waals surface area (Å²) in [5.74, 6) is -0.512. The van der Waals surface area contributed by atoms with Gasteiger partial charge in [0.2, 0.25) is 21.8 Å². The molecule has 6 rings (SSSR count). The van der Waals surface area contributed by atoms with Crippen molar-refractivity contribution in [1.29, 1.82) is 0 Å². The lowest BCUT2D eigenvalue weighted by Gasteiger charge is -2.61. The number of hydrogen-bond donors (Lipinski definition) is 3. The Balaban J connectivity index is 1.43. The van der Waals surface area contributed by atoms with E-state index in [0.29, 0.717) is 36.7 Å². The number of primary amides is 1. The quantitative estimate of drug-likeness (QED) is 0.567. The zero-order valence-corrected chi connectivity index (χ0v) is 20.5. The predicted molar refractivity (Wildman–Crippen MR) is 124 cm³/mol. The first kappa shape index (κ1) is 23.7. The minimum absolute atomic E-state index is 0.184. The Morgan fingerprint density at radius 2 is 1.71 bits per heavy atom. The van der Waals surface area contributed by atoms with E-state index < -0.39 is 32.3 Å². The molecule has 2 atom stereocenters. The largest absolute Gasteiger partial charge is 0.369 e. The number of halogens is 1. The smallest absolute Gasteiger partial charge is 0.241 e. The molecule has 4 bridgehead atoms. The van der Waals surface area contributed by atoms with E-state index >= 15 is 0 Å². The first-order valence-corrected chi connectivity index (χ1v) is 13.9. The Labute approximate surface area is 200 Å². The van der Waals surface area contributed by atoms with Crippen LogP contribution in [-0.2, 0) is 19.6 Å². The molecule has 0 radical (unpaired) electrons. The van der Waals surface area contributed by atoms with Crippen LogP contribution in [0.25, 0.3) is 0 Å². The number of carbonyl (C=O) groups is 2. The molecular formula is C25H34FN3O4S. The molecule has 5 fully saturated rings. The third kappa shape index (κ3) is 3.94. The molecule has 2 unspecified atom stereocenters. The van der Waals surface area contributed by atoms with Crippen molar-refractivity contribution >= 4 is 21.8 Å². The van der Waals surface area contributed by atoms with E-state index in [1.165, 1.54) is 12.1 Å². The third-order valence-electron chi connectivity index (χ3n) is 8.89. The molecule has 5 saturated carbocycles. The predicted octanol–water partition coefficient (Wildman–Crippen LogP) is 3.06. The lowest BCUT2D eigenvalue weighted by molar-refractivity contribution is -0.152. The van der Waals surface area contributed by atoms with Crippen LogP contribution in [0.5, 0.6) is 0 Å². The van der Waals surface area contributed by atoms with E-state index in [-0.39, 0.29) is 16.7 Å². The number of sulfonamides is 1. The van der Waals surface area contributed by atoms with E-state index in [2.05, 4.69) is 10.0 Å². The van der Waals surface area contributed by atoms with Crippen LogP contribution >= 0.6 is 0 Å². The van der Waals surface area contributed by atoms with Crippen LogP contribution < -0.4 is 15.8 Å². The van der Waals surface area contributed by atoms with Crippen LogP contribution in [0.1, 0.15) is 76.2 Å². The lowest BCUT2D eigenvalue weighted by atomic mass is 9.46. The molecule has 0 aromatic heterocycles. The number of hydrogen-bond acceptors (Lipinski definition) is 4. The Morgan fingerprint density at radius 1 is 1.06 bits per heavy atom. The highest BCUT2D eigenvalue weighted by Gasteiger charge is 2.61. The number of nitrogens with two attached hydrogens (primary N) is 1. The number of nitrogens with one attached hydrogen (secondary N) is 2. The molecule has 0 spiro atoms. The van der Waals surface area contributed by atoms with Gasteiger partial charge in [0.15, 0.2) is 0 Å². The van der Waals surface area contributed by atoms with Gasteiger partial charge in [-0.15, -0.1) is 0 Å². The number of aryl methyl sites for hydroxylation is 1. The summed E-state index contributed by atoms with van der Waals surface area (Å²) >= 11 is 0.